The van der Waals surface area contributed by atoms with Crippen molar-refractivity contribution in [3.63, 3.8) is 0 Å². The summed E-state index contributed by atoms with van der Waals surface area (Å²) in [5, 5.41) is 16.4. The van der Waals surface area contributed by atoms with E-state index in [4.69, 9.17) is 11.6 Å². The lowest BCUT2D eigenvalue weighted by molar-refractivity contribution is 0.0955. The number of fused-ring (bicyclic) bond motifs is 1. The van der Waals surface area contributed by atoms with Crippen LogP contribution in [0.5, 0.6) is 5.75 Å². The van der Waals surface area contributed by atoms with Crippen LogP contribution in [0.2, 0.25) is 5.02 Å². The Labute approximate surface area is 144 Å². The minimum Gasteiger partial charge on any atom is -0.507 e. The number of amides is 1. The van der Waals surface area contributed by atoms with Crippen LogP contribution in [0.4, 0.5) is 0 Å². The number of nitrogens with one attached hydrogen (secondary N) is 1. The Morgan fingerprint density at radius 1 is 1.17 bits per heavy atom. The van der Waals surface area contributed by atoms with Crippen LogP contribution in [-0.2, 0) is 0 Å². The van der Waals surface area contributed by atoms with E-state index in [2.05, 4.69) is 10.5 Å². The Morgan fingerprint density at radius 3 is 2.75 bits per heavy atom. The lowest BCUT2D eigenvalue weighted by atomic mass is 10.0. The Hall–Kier alpha value is -2.85. The Balaban J connectivity index is 1.83. The number of hydrogen-bond donors (Lipinski definition) is 2. The zero-order valence-electron chi connectivity index (χ0n) is 13.0. The quantitative estimate of drug-likeness (QED) is 0.553. The zero-order valence-corrected chi connectivity index (χ0v) is 13.7. The number of carbonyl (C=O) groups is 1. The summed E-state index contributed by atoms with van der Waals surface area (Å²) in [6.07, 6.45) is 1.44. The first-order chi connectivity index (χ1) is 11.6. The van der Waals surface area contributed by atoms with Gasteiger partial charge in [-0.25, -0.2) is 5.43 Å². The summed E-state index contributed by atoms with van der Waals surface area (Å²) in [4.78, 5) is 12.1. The second-order valence-electron chi connectivity index (χ2n) is 5.38. The Morgan fingerprint density at radius 2 is 1.96 bits per heavy atom. The molecule has 120 valence electrons. The van der Waals surface area contributed by atoms with Gasteiger partial charge in [-0.2, -0.15) is 5.10 Å². The standard InChI is InChI=1S/C19H15ClN2O2/c1-12-6-7-14(10-17(12)20)19(24)22-21-11-16-15-5-3-2-4-13(15)8-9-18(16)23/h2-11,23H,1H3,(H,22,24)/b21-11-. The molecule has 0 saturated heterocycles. The number of aromatic hydroxyl groups is 1. The summed E-state index contributed by atoms with van der Waals surface area (Å²) >= 11 is 6.02. The van der Waals surface area contributed by atoms with Gasteiger partial charge in [0.25, 0.3) is 5.91 Å². The van der Waals surface area contributed by atoms with Gasteiger partial charge in [-0.1, -0.05) is 48.0 Å². The molecule has 0 unspecified atom stereocenters. The van der Waals surface area contributed by atoms with Gasteiger partial charge in [-0.3, -0.25) is 4.79 Å². The molecule has 0 heterocycles. The molecule has 5 heteroatoms. The van der Waals surface area contributed by atoms with E-state index in [0.29, 0.717) is 16.1 Å². The molecule has 4 nitrogen and oxygen atoms in total. The lowest BCUT2D eigenvalue weighted by Gasteiger charge is -2.05. The molecule has 3 aromatic rings. The van der Waals surface area contributed by atoms with Crippen molar-refractivity contribution in [2.24, 2.45) is 5.10 Å². The number of phenolic OH excluding ortho intramolecular Hbond substituents is 1. The van der Waals surface area contributed by atoms with Crippen molar-refractivity contribution >= 4 is 34.5 Å². The minimum absolute atomic E-state index is 0.102. The number of hydrazone groups is 1. The topological polar surface area (TPSA) is 61.7 Å². The maximum atomic E-state index is 12.1. The van der Waals surface area contributed by atoms with Crippen molar-refractivity contribution in [1.82, 2.24) is 5.43 Å². The number of rotatable bonds is 3. The molecule has 0 fully saturated rings. The zero-order chi connectivity index (χ0) is 17.1. The first-order valence-electron chi connectivity index (χ1n) is 7.36. The number of benzene rings is 3. The normalized spacial score (nSPS) is 11.1. The molecule has 0 aliphatic rings. The summed E-state index contributed by atoms with van der Waals surface area (Å²) in [6.45, 7) is 1.87. The average Bonchev–Trinajstić information content (AvgIpc) is 2.59. The van der Waals surface area contributed by atoms with Crippen LogP contribution in [0, 0.1) is 6.92 Å². The van der Waals surface area contributed by atoms with Gasteiger partial charge in [-0.05, 0) is 41.5 Å². The van der Waals surface area contributed by atoms with Gasteiger partial charge in [0.05, 0.1) is 6.21 Å². The van der Waals surface area contributed by atoms with Crippen LogP contribution >= 0.6 is 11.6 Å². The molecule has 3 rings (SSSR count). The van der Waals surface area contributed by atoms with Crippen LogP contribution in [0.15, 0.2) is 59.7 Å². The molecule has 0 aliphatic heterocycles. The first kappa shape index (κ1) is 16.0. The van der Waals surface area contributed by atoms with Crippen LogP contribution in [0.1, 0.15) is 21.5 Å². The monoisotopic (exact) mass is 338 g/mol. The smallest absolute Gasteiger partial charge is 0.271 e. The number of halogens is 1. The fourth-order valence-corrected chi connectivity index (χ4v) is 2.55. The fourth-order valence-electron chi connectivity index (χ4n) is 2.37. The van der Waals surface area contributed by atoms with E-state index in [9.17, 15) is 9.90 Å². The number of hydrogen-bond acceptors (Lipinski definition) is 3. The molecule has 1 amide bonds. The molecule has 0 bridgehead atoms. The van der Waals surface area contributed by atoms with Gasteiger partial charge < -0.3 is 5.11 Å². The van der Waals surface area contributed by atoms with E-state index < -0.39 is 0 Å². The maximum absolute atomic E-state index is 12.1. The van der Waals surface area contributed by atoms with Gasteiger partial charge in [0.1, 0.15) is 5.75 Å². The Kier molecular flexibility index (Phi) is 4.49. The number of nitrogens with zero attached hydrogens (tertiary/aromatic N) is 1. The van der Waals surface area contributed by atoms with E-state index in [1.807, 2.05) is 37.3 Å². The summed E-state index contributed by atoms with van der Waals surface area (Å²) < 4.78 is 0. The average molecular weight is 339 g/mol. The SMILES string of the molecule is Cc1ccc(C(=O)N/N=C\c2c(O)ccc3ccccc23)cc1Cl. The molecule has 0 spiro atoms. The second kappa shape index (κ2) is 6.72. The molecular weight excluding hydrogens is 324 g/mol. The summed E-state index contributed by atoms with van der Waals surface area (Å²) in [5.74, 6) is -0.266. The van der Waals surface area contributed by atoms with E-state index in [1.165, 1.54) is 6.21 Å². The van der Waals surface area contributed by atoms with Crippen molar-refractivity contribution in [2.45, 2.75) is 6.92 Å². The highest BCUT2D eigenvalue weighted by Gasteiger charge is 2.07. The molecule has 3 aromatic carbocycles. The van der Waals surface area contributed by atoms with Crippen LogP contribution < -0.4 is 5.43 Å². The molecule has 0 aromatic heterocycles. The summed E-state index contributed by atoms with van der Waals surface area (Å²) in [7, 11) is 0. The van der Waals surface area contributed by atoms with Gasteiger partial charge in [0, 0.05) is 16.1 Å². The minimum atomic E-state index is -0.368. The molecule has 0 atom stereocenters. The van der Waals surface area contributed by atoms with Gasteiger partial charge >= 0.3 is 0 Å². The van der Waals surface area contributed by atoms with E-state index in [0.717, 1.165) is 16.3 Å². The van der Waals surface area contributed by atoms with Crippen LogP contribution in [-0.4, -0.2) is 17.2 Å². The third-order valence-corrected chi connectivity index (χ3v) is 4.15. The van der Waals surface area contributed by atoms with E-state index in [1.54, 1.807) is 24.3 Å². The molecule has 0 radical (unpaired) electrons. The van der Waals surface area contributed by atoms with Gasteiger partial charge in [0.15, 0.2) is 0 Å². The van der Waals surface area contributed by atoms with E-state index in [-0.39, 0.29) is 11.7 Å². The van der Waals surface area contributed by atoms with Gasteiger partial charge in [-0.15, -0.1) is 0 Å². The van der Waals surface area contributed by atoms with Crippen molar-refractivity contribution in [2.75, 3.05) is 0 Å². The highest BCUT2D eigenvalue weighted by molar-refractivity contribution is 6.31. The molecular formula is C19H15ClN2O2. The predicted octanol–water partition coefficient (Wildman–Crippen LogP) is 4.27. The van der Waals surface area contributed by atoms with Crippen molar-refractivity contribution in [3.05, 3.63) is 76.3 Å². The summed E-state index contributed by atoms with van der Waals surface area (Å²) in [5.41, 5.74) is 4.32. The largest absolute Gasteiger partial charge is 0.507 e. The number of phenols is 1. The Bertz CT molecular complexity index is 951. The summed E-state index contributed by atoms with van der Waals surface area (Å²) in [6, 6.07) is 16.1. The highest BCUT2D eigenvalue weighted by Crippen LogP contribution is 2.25. The highest BCUT2D eigenvalue weighted by atomic mass is 35.5. The van der Waals surface area contributed by atoms with Crippen molar-refractivity contribution in [3.8, 4) is 5.75 Å². The van der Waals surface area contributed by atoms with Crippen molar-refractivity contribution < 1.29 is 9.90 Å². The number of carbonyl (C=O) groups excluding carboxylic acids is 1. The van der Waals surface area contributed by atoms with Crippen LogP contribution in [0.3, 0.4) is 0 Å². The molecule has 24 heavy (non-hydrogen) atoms. The van der Waals surface area contributed by atoms with Crippen molar-refractivity contribution in [1.29, 1.82) is 0 Å². The molecule has 2 N–H and O–H groups in total. The molecule has 0 saturated carbocycles. The van der Waals surface area contributed by atoms with E-state index >= 15 is 0 Å². The second-order valence-corrected chi connectivity index (χ2v) is 5.79. The first-order valence-corrected chi connectivity index (χ1v) is 7.74. The predicted molar refractivity (Wildman–Crippen MR) is 96.9 cm³/mol. The molecule has 0 aliphatic carbocycles. The van der Waals surface area contributed by atoms with Crippen LogP contribution in [0.25, 0.3) is 10.8 Å². The number of aryl methyl sites for hydroxylation is 1. The third kappa shape index (κ3) is 3.24. The van der Waals surface area contributed by atoms with Gasteiger partial charge in [0.2, 0.25) is 0 Å². The lowest BCUT2D eigenvalue weighted by Crippen LogP contribution is -2.17. The fraction of sp³-hybridized carbons (Fsp3) is 0.0526. The maximum Gasteiger partial charge on any atom is 0.271 e. The third-order valence-electron chi connectivity index (χ3n) is 3.74.